The van der Waals surface area contributed by atoms with E-state index in [0.29, 0.717) is 21.1 Å². The molecule has 0 aromatic carbocycles. The minimum absolute atomic E-state index is 0. The van der Waals surface area contributed by atoms with Crippen LogP contribution in [-0.2, 0) is 35.9 Å². The Labute approximate surface area is 126 Å². The van der Waals surface area contributed by atoms with Crippen molar-refractivity contribution in [2.24, 2.45) is 5.10 Å². The van der Waals surface area contributed by atoms with Crippen LogP contribution in [0.25, 0.3) is 5.43 Å². The topological polar surface area (TPSA) is 82.5 Å². The second-order valence-electron chi connectivity index (χ2n) is 3.15. The fraction of sp³-hybridized carbons (Fsp3) is 0.300. The quantitative estimate of drug-likeness (QED) is 0.221. The fourth-order valence-corrected chi connectivity index (χ4v) is 1.29. The molecule has 0 atom stereocenters. The molecule has 1 rings (SSSR count). The summed E-state index contributed by atoms with van der Waals surface area (Å²) >= 11 is 5.43. The molecule has 18 heavy (non-hydrogen) atoms. The predicted octanol–water partition coefficient (Wildman–Crippen LogP) is 0.755. The third-order valence-corrected chi connectivity index (χ3v) is 3.16. The van der Waals surface area contributed by atoms with Crippen LogP contribution in [0.5, 0.6) is 5.75 Å². The number of thiol groups is 1. The van der Waals surface area contributed by atoms with Crippen molar-refractivity contribution in [3.05, 3.63) is 28.4 Å². The van der Waals surface area contributed by atoms with Gasteiger partial charge in [-0.3, -0.25) is 4.98 Å². The molecule has 5 nitrogen and oxygen atoms in total. The van der Waals surface area contributed by atoms with Crippen molar-refractivity contribution in [2.75, 3.05) is 6.26 Å². The van der Waals surface area contributed by atoms with Crippen molar-refractivity contribution in [3.63, 3.8) is 0 Å². The van der Waals surface area contributed by atoms with Gasteiger partial charge >= 0.3 is 17.1 Å². The molecule has 0 amide bonds. The van der Waals surface area contributed by atoms with Crippen LogP contribution in [0, 0.1) is 6.92 Å². The van der Waals surface area contributed by atoms with Gasteiger partial charge in [-0.1, -0.05) is 11.8 Å². The molecule has 1 heterocycles. The monoisotopic (exact) mass is 335 g/mol. The normalized spacial score (nSPS) is 10.2. The van der Waals surface area contributed by atoms with E-state index in [-0.39, 0.29) is 29.4 Å². The fourth-order valence-electron chi connectivity index (χ4n) is 1.11. The minimum atomic E-state index is -0.180. The third-order valence-electron chi connectivity index (χ3n) is 2.07. The first-order valence-corrected chi connectivity index (χ1v) is 6.42. The van der Waals surface area contributed by atoms with Crippen LogP contribution in [0.1, 0.15) is 16.8 Å². The molecular weight excluding hydrogens is 322 g/mol. The molecule has 0 unspecified atom stereocenters. The van der Waals surface area contributed by atoms with Crippen LogP contribution in [0.15, 0.2) is 11.3 Å². The summed E-state index contributed by atoms with van der Waals surface area (Å²) in [6, 6.07) is 0. The number of thioether (sulfide) groups is 1. The number of hydrogen-bond donors (Lipinski definition) is 1. The zero-order chi connectivity index (χ0) is 12.8. The number of hydrogen-bond acceptors (Lipinski definition) is 4. The summed E-state index contributed by atoms with van der Waals surface area (Å²) in [5.74, 6) is 0.250. The van der Waals surface area contributed by atoms with E-state index in [9.17, 15) is 0 Å². The number of aromatic nitrogens is 1. The van der Waals surface area contributed by atoms with Crippen molar-refractivity contribution < 1.29 is 27.3 Å². The van der Waals surface area contributed by atoms with Gasteiger partial charge in [0.05, 0.1) is 12.2 Å². The average molecular weight is 336 g/mol. The first-order chi connectivity index (χ1) is 8.10. The van der Waals surface area contributed by atoms with Gasteiger partial charge in [-0.15, -0.1) is 0 Å². The van der Waals surface area contributed by atoms with Gasteiger partial charge in [0, 0.05) is 18.0 Å². The second kappa shape index (κ2) is 8.44. The maximum absolute atomic E-state index is 9.15. The average Bonchev–Trinajstić information content (AvgIpc) is 2.34. The van der Waals surface area contributed by atoms with E-state index in [1.54, 1.807) is 6.92 Å². The summed E-state index contributed by atoms with van der Waals surface area (Å²) in [4.78, 5) is 4.01. The van der Waals surface area contributed by atoms with Crippen molar-refractivity contribution >= 4 is 34.5 Å². The molecule has 0 spiro atoms. The number of aliphatic hydroxyl groups is 1. The largest absolute Gasteiger partial charge is 2.00 e. The molecule has 0 saturated heterocycles. The Hall–Kier alpha value is -0.661. The standard InChI is InChI=1S/C10H13N3O2S2.Cu/c1-6-9(15)8(7(5-14)3-11-6)4-12-13-10(16)17-2;/h3-4,14H,5H2,1-2H3,(H2,11,12,13,15,16);/q;+2/p+1. The Morgan fingerprint density at radius 1 is 1.72 bits per heavy atom. The Bertz CT molecular complexity index is 455. The maximum atomic E-state index is 9.15. The Kier molecular flexibility index (Phi) is 8.13. The molecule has 0 aliphatic carbocycles. The first kappa shape index (κ1) is 17.3. The molecule has 0 aliphatic heterocycles. The van der Waals surface area contributed by atoms with E-state index in [1.807, 2.05) is 6.26 Å². The molecule has 0 aliphatic rings. The molecule has 1 aromatic heterocycles. The second-order valence-corrected chi connectivity index (χ2v) is 4.67. The number of aryl methyl sites for hydroxylation is 1. The molecule has 101 valence electrons. The van der Waals surface area contributed by atoms with Crippen LogP contribution in [0.3, 0.4) is 0 Å². The predicted molar refractivity (Wildman–Crippen MR) is 76.2 cm³/mol. The van der Waals surface area contributed by atoms with Crippen molar-refractivity contribution in [2.45, 2.75) is 13.5 Å². The van der Waals surface area contributed by atoms with Crippen molar-refractivity contribution in [1.29, 1.82) is 0 Å². The number of pyridine rings is 1. The Morgan fingerprint density at radius 3 is 2.94 bits per heavy atom. The number of nitrogens with zero attached hydrogens (tertiary/aromatic N) is 3. The molecule has 1 radical (unpaired) electrons. The summed E-state index contributed by atoms with van der Waals surface area (Å²) in [5.41, 5.74) is 5.49. The van der Waals surface area contributed by atoms with Crippen LogP contribution >= 0.6 is 11.8 Å². The minimum Gasteiger partial charge on any atom is -0.592 e. The molecule has 0 fully saturated rings. The van der Waals surface area contributed by atoms with Crippen molar-refractivity contribution in [3.8, 4) is 5.75 Å². The summed E-state index contributed by atoms with van der Waals surface area (Å²) in [7, 11) is 0. The third kappa shape index (κ3) is 4.55. The van der Waals surface area contributed by atoms with Gasteiger partial charge in [0.15, 0.2) is 16.5 Å². The van der Waals surface area contributed by atoms with Crippen molar-refractivity contribution in [1.82, 2.24) is 4.98 Å². The molecule has 0 bridgehead atoms. The van der Waals surface area contributed by atoms with E-state index in [4.69, 9.17) is 10.2 Å². The smallest absolute Gasteiger partial charge is 0.592 e. The van der Waals surface area contributed by atoms with E-state index in [0.717, 1.165) is 0 Å². The van der Waals surface area contributed by atoms with Gasteiger partial charge < -0.3 is 20.7 Å². The van der Waals surface area contributed by atoms with E-state index in [2.05, 4.69) is 27.7 Å². The molecule has 8 heteroatoms. The van der Waals surface area contributed by atoms with Crippen LogP contribution < -0.4 is 0 Å². The van der Waals surface area contributed by atoms with Gasteiger partial charge in [0.25, 0.3) is 5.75 Å². The SMILES string of the molecule is CSC(=[SH+])[N-]N=Cc1c(CO)cnc(C)c1[OH2+].[Cu+2]. The number of aliphatic hydroxyl groups excluding tert-OH is 1. The van der Waals surface area contributed by atoms with Crippen LogP contribution in [0.2, 0.25) is 0 Å². The van der Waals surface area contributed by atoms with E-state index >= 15 is 0 Å². The zero-order valence-corrected chi connectivity index (χ0v) is 12.5. The summed E-state index contributed by atoms with van der Waals surface area (Å²) in [6.07, 6.45) is 4.82. The molecular formula is C10H14CuN3O2S2+3. The van der Waals surface area contributed by atoms with E-state index < -0.39 is 0 Å². The summed E-state index contributed by atoms with van der Waals surface area (Å²) < 4.78 is 0.532. The van der Waals surface area contributed by atoms with Crippen LogP contribution in [0.4, 0.5) is 0 Å². The Morgan fingerprint density at radius 2 is 2.39 bits per heavy atom. The molecule has 1 aromatic rings. The molecule has 3 N–H and O–H groups in total. The van der Waals surface area contributed by atoms with Crippen LogP contribution in [-0.4, -0.2) is 32.0 Å². The maximum Gasteiger partial charge on any atom is 2.00 e. The Balaban J connectivity index is 0.00000289. The number of rotatable bonds is 3. The van der Waals surface area contributed by atoms with Gasteiger partial charge in [0.1, 0.15) is 5.69 Å². The van der Waals surface area contributed by atoms with Gasteiger partial charge in [-0.25, -0.2) is 0 Å². The molecule has 0 saturated carbocycles. The zero-order valence-electron chi connectivity index (χ0n) is 9.81. The summed E-state index contributed by atoms with van der Waals surface area (Å²) in [6.45, 7) is 1.55. The first-order valence-electron chi connectivity index (χ1n) is 4.75. The van der Waals surface area contributed by atoms with Gasteiger partial charge in [0.2, 0.25) is 0 Å². The van der Waals surface area contributed by atoms with E-state index in [1.165, 1.54) is 24.2 Å². The van der Waals surface area contributed by atoms with Gasteiger partial charge in [-0.2, -0.15) is 0 Å². The summed E-state index contributed by atoms with van der Waals surface area (Å²) in [5, 5.41) is 20.8. The van der Waals surface area contributed by atoms with Gasteiger partial charge in [-0.05, 0) is 13.2 Å².